The van der Waals surface area contributed by atoms with E-state index in [0.29, 0.717) is 78.5 Å². The summed E-state index contributed by atoms with van der Waals surface area (Å²) in [6.07, 6.45) is 4.16. The van der Waals surface area contributed by atoms with Crippen molar-refractivity contribution >= 4 is 29.2 Å². The van der Waals surface area contributed by atoms with Crippen molar-refractivity contribution in [3.63, 3.8) is 0 Å². The highest BCUT2D eigenvalue weighted by atomic mass is 16.5. The van der Waals surface area contributed by atoms with Gasteiger partial charge in [0.25, 0.3) is 11.8 Å². The summed E-state index contributed by atoms with van der Waals surface area (Å²) in [5.74, 6) is 0.750. The number of methoxy groups -OCH3 is 1. The number of rotatable bonds is 16. The lowest BCUT2D eigenvalue weighted by atomic mass is 10.0. The Morgan fingerprint density at radius 3 is 2.32 bits per heavy atom. The number of aryl methyl sites for hydroxylation is 1. The van der Waals surface area contributed by atoms with Crippen molar-refractivity contribution in [3.05, 3.63) is 77.4 Å². The second-order valence-corrected chi connectivity index (χ2v) is 12.7. The number of nitrogens with zero attached hydrogens (tertiary/aromatic N) is 3. The number of likely N-dealkylation sites (tertiary alicyclic amines) is 1. The quantitative estimate of drug-likeness (QED) is 0.176. The third kappa shape index (κ3) is 10.3. The number of nitrogens with one attached hydrogen (secondary N) is 2. The van der Waals surface area contributed by atoms with Crippen LogP contribution in [0.4, 0.5) is 16.2 Å². The van der Waals surface area contributed by atoms with Crippen LogP contribution < -0.4 is 35.5 Å². The number of ether oxygens (including phenoxy) is 3. The molecule has 4 amide bonds. The molecule has 0 aromatic heterocycles. The number of urea groups is 1. The van der Waals surface area contributed by atoms with Crippen LogP contribution >= 0.6 is 0 Å². The first-order valence-electron chi connectivity index (χ1n) is 17.2. The van der Waals surface area contributed by atoms with Crippen LogP contribution in [0, 0.1) is 6.92 Å². The molecule has 1 fully saturated rings. The Labute approximate surface area is 295 Å². The van der Waals surface area contributed by atoms with E-state index in [9.17, 15) is 14.4 Å². The topological polar surface area (TPSA) is 139 Å². The molecule has 0 saturated carbocycles. The van der Waals surface area contributed by atoms with E-state index in [1.807, 2.05) is 30.0 Å². The Morgan fingerprint density at radius 1 is 0.880 bits per heavy atom. The molecule has 1 saturated heterocycles. The summed E-state index contributed by atoms with van der Waals surface area (Å²) in [5, 5.41) is 5.91. The number of hydrogen-bond donors (Lipinski definition) is 3. The predicted octanol–water partition coefficient (Wildman–Crippen LogP) is 5.15. The van der Waals surface area contributed by atoms with Gasteiger partial charge in [0.05, 0.1) is 37.3 Å². The van der Waals surface area contributed by atoms with Gasteiger partial charge in [-0.05, 0) is 108 Å². The Bertz CT molecular complexity index is 1590. The second-order valence-electron chi connectivity index (χ2n) is 12.7. The number of anilines is 2. The molecule has 0 aliphatic carbocycles. The van der Waals surface area contributed by atoms with Crippen LogP contribution in [0.1, 0.15) is 58.4 Å². The summed E-state index contributed by atoms with van der Waals surface area (Å²) in [4.78, 5) is 45.1. The molecule has 1 aliphatic heterocycles. The number of amides is 4. The van der Waals surface area contributed by atoms with Crippen LogP contribution in [-0.4, -0.2) is 101 Å². The zero-order valence-electron chi connectivity index (χ0n) is 30.0. The SMILES string of the molecule is COc1cc(C(=O)N(C)c2ccc(C)cc2OCCCCNC(=O)N2CCC(N(C)C)CC2)ccc1NC(=O)c1ccccc1OCCCN. The second kappa shape index (κ2) is 18.8. The fourth-order valence-corrected chi connectivity index (χ4v) is 5.78. The minimum absolute atomic E-state index is 0.00902. The maximum absolute atomic E-state index is 13.7. The average Bonchev–Trinajstić information content (AvgIpc) is 3.12. The first-order chi connectivity index (χ1) is 24.1. The van der Waals surface area contributed by atoms with Gasteiger partial charge in [-0.2, -0.15) is 0 Å². The summed E-state index contributed by atoms with van der Waals surface area (Å²) >= 11 is 0. The Kier molecular flexibility index (Phi) is 14.3. The van der Waals surface area contributed by atoms with E-state index >= 15 is 0 Å². The average molecular weight is 689 g/mol. The van der Waals surface area contributed by atoms with E-state index in [1.54, 1.807) is 49.5 Å². The molecule has 4 rings (SSSR count). The molecule has 0 unspecified atom stereocenters. The molecule has 0 atom stereocenters. The Balaban J connectivity index is 1.32. The summed E-state index contributed by atoms with van der Waals surface area (Å²) in [7, 11) is 7.35. The molecule has 3 aromatic carbocycles. The molecule has 4 N–H and O–H groups in total. The monoisotopic (exact) mass is 688 g/mol. The first-order valence-corrected chi connectivity index (χ1v) is 17.2. The highest BCUT2D eigenvalue weighted by Crippen LogP contribution is 2.32. The molecule has 270 valence electrons. The van der Waals surface area contributed by atoms with Crippen LogP contribution in [0.15, 0.2) is 60.7 Å². The number of carbonyl (C=O) groups is 3. The predicted molar refractivity (Wildman–Crippen MR) is 197 cm³/mol. The van der Waals surface area contributed by atoms with E-state index in [-0.39, 0.29) is 17.8 Å². The summed E-state index contributed by atoms with van der Waals surface area (Å²) < 4.78 is 17.5. The van der Waals surface area contributed by atoms with Crippen LogP contribution in [0.5, 0.6) is 17.2 Å². The molecule has 12 heteroatoms. The van der Waals surface area contributed by atoms with Gasteiger partial charge in [-0.15, -0.1) is 0 Å². The standard InChI is InChI=1S/C38H52N6O6/c1-27-13-16-32(35(25-27)50-23-9-8-20-40-38(47)44-21-17-29(18-22-44)42(2)3)43(4)37(46)28-14-15-31(34(26-28)48-5)41-36(45)30-11-6-7-12-33(30)49-24-10-19-39/h6-7,11-16,25-26,29H,8-10,17-24,39H2,1-5H3,(H,40,47)(H,41,45). The maximum Gasteiger partial charge on any atom is 0.317 e. The summed E-state index contributed by atoms with van der Waals surface area (Å²) in [5.41, 5.74) is 8.36. The molecule has 0 radical (unpaired) electrons. The first kappa shape index (κ1) is 38.0. The normalized spacial score (nSPS) is 13.1. The van der Waals surface area contributed by atoms with Gasteiger partial charge in [0, 0.05) is 38.3 Å². The third-order valence-corrected chi connectivity index (χ3v) is 8.80. The lowest BCUT2D eigenvalue weighted by Gasteiger charge is -2.35. The van der Waals surface area contributed by atoms with Gasteiger partial charge < -0.3 is 45.3 Å². The summed E-state index contributed by atoms with van der Waals surface area (Å²) in [6.45, 7) is 5.41. The minimum atomic E-state index is -0.369. The highest BCUT2D eigenvalue weighted by molar-refractivity contribution is 6.09. The van der Waals surface area contributed by atoms with Crippen LogP contribution in [0.2, 0.25) is 0 Å². The maximum atomic E-state index is 13.7. The van der Waals surface area contributed by atoms with Crippen molar-refractivity contribution in [3.8, 4) is 17.2 Å². The molecule has 12 nitrogen and oxygen atoms in total. The van der Waals surface area contributed by atoms with Crippen molar-refractivity contribution in [1.82, 2.24) is 15.1 Å². The zero-order valence-corrected chi connectivity index (χ0v) is 30.0. The number of para-hydroxylation sites is 1. The number of piperidine rings is 1. The number of nitrogens with two attached hydrogens (primary N) is 1. The Hall–Kier alpha value is -4.81. The number of carbonyl (C=O) groups excluding carboxylic acids is 3. The molecular formula is C38H52N6O6. The molecule has 0 bridgehead atoms. The van der Waals surface area contributed by atoms with E-state index in [4.69, 9.17) is 19.9 Å². The van der Waals surface area contributed by atoms with Crippen molar-refractivity contribution in [2.75, 3.05) is 77.9 Å². The lowest BCUT2D eigenvalue weighted by molar-refractivity contribution is 0.0990. The molecule has 1 aliphatic rings. The lowest BCUT2D eigenvalue weighted by Crippen LogP contribution is -2.48. The fourth-order valence-electron chi connectivity index (χ4n) is 5.78. The van der Waals surface area contributed by atoms with Crippen molar-refractivity contribution in [1.29, 1.82) is 0 Å². The van der Waals surface area contributed by atoms with Gasteiger partial charge in [-0.1, -0.05) is 18.2 Å². The van der Waals surface area contributed by atoms with Gasteiger partial charge in [-0.25, -0.2) is 4.79 Å². The van der Waals surface area contributed by atoms with Crippen molar-refractivity contribution in [2.45, 2.75) is 45.1 Å². The third-order valence-electron chi connectivity index (χ3n) is 8.80. The largest absolute Gasteiger partial charge is 0.495 e. The van der Waals surface area contributed by atoms with Crippen LogP contribution in [0.3, 0.4) is 0 Å². The smallest absolute Gasteiger partial charge is 0.317 e. The van der Waals surface area contributed by atoms with E-state index in [2.05, 4.69) is 29.6 Å². The Morgan fingerprint density at radius 2 is 1.60 bits per heavy atom. The van der Waals surface area contributed by atoms with Crippen molar-refractivity contribution < 1.29 is 28.6 Å². The molecular weight excluding hydrogens is 636 g/mol. The highest BCUT2D eigenvalue weighted by Gasteiger charge is 2.24. The molecule has 50 heavy (non-hydrogen) atoms. The zero-order chi connectivity index (χ0) is 36.0. The van der Waals surface area contributed by atoms with Crippen LogP contribution in [-0.2, 0) is 0 Å². The molecule has 3 aromatic rings. The van der Waals surface area contributed by atoms with E-state index in [1.165, 1.54) is 12.0 Å². The molecule has 1 heterocycles. The fraction of sp³-hybridized carbons (Fsp3) is 0.447. The minimum Gasteiger partial charge on any atom is -0.495 e. The number of hydrogen-bond acceptors (Lipinski definition) is 8. The summed E-state index contributed by atoms with van der Waals surface area (Å²) in [6, 6.07) is 18.1. The van der Waals surface area contributed by atoms with Gasteiger partial charge in [0.2, 0.25) is 0 Å². The number of benzene rings is 3. The molecule has 0 spiro atoms. The van der Waals surface area contributed by atoms with E-state index < -0.39 is 0 Å². The van der Waals surface area contributed by atoms with Crippen LogP contribution in [0.25, 0.3) is 0 Å². The van der Waals surface area contributed by atoms with Gasteiger partial charge in [-0.3, -0.25) is 9.59 Å². The number of unbranched alkanes of at least 4 members (excludes halogenated alkanes) is 1. The van der Waals surface area contributed by atoms with Gasteiger partial charge >= 0.3 is 6.03 Å². The van der Waals surface area contributed by atoms with Gasteiger partial charge in [0.15, 0.2) is 0 Å². The van der Waals surface area contributed by atoms with Gasteiger partial charge in [0.1, 0.15) is 17.2 Å². The van der Waals surface area contributed by atoms with E-state index in [0.717, 1.165) is 44.3 Å². The van der Waals surface area contributed by atoms with Crippen molar-refractivity contribution in [2.24, 2.45) is 5.73 Å².